The average Bonchev–Trinajstić information content (AvgIpc) is 2.96. The SMILES string of the molecule is CCCCC(C)n1nnnc1-c1ccc(OCC)c(N)c1. The van der Waals surface area contributed by atoms with Gasteiger partial charge >= 0.3 is 0 Å². The Morgan fingerprint density at radius 1 is 1.33 bits per heavy atom. The molecule has 1 aromatic heterocycles. The smallest absolute Gasteiger partial charge is 0.182 e. The van der Waals surface area contributed by atoms with Gasteiger partial charge in [-0.25, -0.2) is 4.68 Å². The Morgan fingerprint density at radius 3 is 2.81 bits per heavy atom. The minimum Gasteiger partial charge on any atom is -0.492 e. The summed E-state index contributed by atoms with van der Waals surface area (Å²) in [7, 11) is 0. The summed E-state index contributed by atoms with van der Waals surface area (Å²) in [6, 6.07) is 5.93. The molecule has 0 amide bonds. The normalized spacial score (nSPS) is 12.3. The molecule has 1 atom stereocenters. The minimum atomic E-state index is 0.266. The third-order valence-electron chi connectivity index (χ3n) is 3.45. The van der Waals surface area contributed by atoms with Gasteiger partial charge in [0.15, 0.2) is 5.82 Å². The molecule has 0 fully saturated rings. The second kappa shape index (κ2) is 7.06. The second-order valence-corrected chi connectivity index (χ2v) is 5.12. The van der Waals surface area contributed by atoms with E-state index in [1.807, 2.05) is 29.8 Å². The van der Waals surface area contributed by atoms with Crippen molar-refractivity contribution in [2.45, 2.75) is 46.1 Å². The monoisotopic (exact) mass is 289 g/mol. The van der Waals surface area contributed by atoms with Crippen molar-refractivity contribution in [1.29, 1.82) is 0 Å². The molecule has 0 bridgehead atoms. The molecule has 0 aliphatic rings. The molecule has 0 aliphatic heterocycles. The summed E-state index contributed by atoms with van der Waals surface area (Å²) in [5.74, 6) is 1.44. The first-order valence-electron chi connectivity index (χ1n) is 7.47. The molecule has 114 valence electrons. The number of benzene rings is 1. The van der Waals surface area contributed by atoms with Crippen molar-refractivity contribution in [2.24, 2.45) is 0 Å². The number of anilines is 1. The van der Waals surface area contributed by atoms with Gasteiger partial charge in [0.2, 0.25) is 0 Å². The van der Waals surface area contributed by atoms with Gasteiger partial charge in [-0.05, 0) is 48.9 Å². The highest BCUT2D eigenvalue weighted by Gasteiger charge is 2.15. The van der Waals surface area contributed by atoms with Crippen LogP contribution in [0.5, 0.6) is 5.75 Å². The van der Waals surface area contributed by atoms with Crippen molar-refractivity contribution in [3.63, 3.8) is 0 Å². The van der Waals surface area contributed by atoms with Crippen LogP contribution in [0.4, 0.5) is 5.69 Å². The van der Waals surface area contributed by atoms with Crippen molar-refractivity contribution in [3.05, 3.63) is 18.2 Å². The topological polar surface area (TPSA) is 78.8 Å². The first-order chi connectivity index (χ1) is 10.2. The standard InChI is InChI=1S/C15H23N5O/c1-4-6-7-11(3)20-15(17-18-19-20)12-8-9-14(21-5-2)13(16)10-12/h8-11H,4-7,16H2,1-3H3. The summed E-state index contributed by atoms with van der Waals surface area (Å²) in [6.07, 6.45) is 3.38. The van der Waals surface area contributed by atoms with Gasteiger partial charge in [0.05, 0.1) is 18.3 Å². The second-order valence-electron chi connectivity index (χ2n) is 5.12. The molecule has 6 nitrogen and oxygen atoms in total. The molecule has 1 heterocycles. The molecule has 0 radical (unpaired) electrons. The Bertz CT molecular complexity index is 581. The number of unbranched alkanes of at least 4 members (excludes halogenated alkanes) is 1. The lowest BCUT2D eigenvalue weighted by atomic mass is 10.1. The van der Waals surface area contributed by atoms with E-state index in [-0.39, 0.29) is 6.04 Å². The molecule has 21 heavy (non-hydrogen) atoms. The predicted molar refractivity (Wildman–Crippen MR) is 83.1 cm³/mol. The lowest BCUT2D eigenvalue weighted by molar-refractivity contribution is 0.342. The van der Waals surface area contributed by atoms with Crippen molar-refractivity contribution in [2.75, 3.05) is 12.3 Å². The van der Waals surface area contributed by atoms with Crippen LogP contribution in [0.3, 0.4) is 0 Å². The fourth-order valence-electron chi connectivity index (χ4n) is 2.28. The highest BCUT2D eigenvalue weighted by Crippen LogP contribution is 2.28. The molecule has 0 saturated carbocycles. The quantitative estimate of drug-likeness (QED) is 0.792. The first-order valence-corrected chi connectivity index (χ1v) is 7.47. The third-order valence-corrected chi connectivity index (χ3v) is 3.45. The van der Waals surface area contributed by atoms with E-state index in [0.717, 1.165) is 30.7 Å². The van der Waals surface area contributed by atoms with Crippen LogP contribution in [0.25, 0.3) is 11.4 Å². The maximum atomic E-state index is 6.02. The molecular formula is C15H23N5O. The van der Waals surface area contributed by atoms with Gasteiger partial charge < -0.3 is 10.5 Å². The van der Waals surface area contributed by atoms with Crippen molar-refractivity contribution < 1.29 is 4.74 Å². The lowest BCUT2D eigenvalue weighted by Crippen LogP contribution is -2.09. The van der Waals surface area contributed by atoms with E-state index in [2.05, 4.69) is 29.4 Å². The van der Waals surface area contributed by atoms with Crippen molar-refractivity contribution >= 4 is 5.69 Å². The number of nitrogen functional groups attached to an aromatic ring is 1. The van der Waals surface area contributed by atoms with E-state index in [1.165, 1.54) is 0 Å². The van der Waals surface area contributed by atoms with Gasteiger partial charge in [0.1, 0.15) is 5.75 Å². The van der Waals surface area contributed by atoms with Gasteiger partial charge in [-0.3, -0.25) is 0 Å². The highest BCUT2D eigenvalue weighted by atomic mass is 16.5. The molecule has 1 unspecified atom stereocenters. The summed E-state index contributed by atoms with van der Waals surface area (Å²) in [4.78, 5) is 0. The summed E-state index contributed by atoms with van der Waals surface area (Å²) >= 11 is 0. The summed E-state index contributed by atoms with van der Waals surface area (Å²) < 4.78 is 7.32. The van der Waals surface area contributed by atoms with E-state index in [9.17, 15) is 0 Å². The zero-order valence-corrected chi connectivity index (χ0v) is 12.9. The van der Waals surface area contributed by atoms with Crippen LogP contribution in [0.15, 0.2) is 18.2 Å². The fraction of sp³-hybridized carbons (Fsp3) is 0.533. The van der Waals surface area contributed by atoms with E-state index in [0.29, 0.717) is 18.0 Å². The largest absolute Gasteiger partial charge is 0.492 e. The number of aromatic nitrogens is 4. The molecule has 1 aromatic carbocycles. The minimum absolute atomic E-state index is 0.266. The van der Waals surface area contributed by atoms with Gasteiger partial charge in [-0.2, -0.15) is 0 Å². The van der Waals surface area contributed by atoms with Gasteiger partial charge in [-0.1, -0.05) is 19.8 Å². The Morgan fingerprint density at radius 2 is 2.14 bits per heavy atom. The van der Waals surface area contributed by atoms with Crippen LogP contribution in [-0.2, 0) is 0 Å². The zero-order valence-electron chi connectivity index (χ0n) is 12.9. The fourth-order valence-corrected chi connectivity index (χ4v) is 2.28. The third kappa shape index (κ3) is 3.51. The van der Waals surface area contributed by atoms with Crippen molar-refractivity contribution in [1.82, 2.24) is 20.2 Å². The number of hydrogen-bond acceptors (Lipinski definition) is 5. The Labute approximate surface area is 125 Å². The predicted octanol–water partition coefficient (Wildman–Crippen LogP) is 3.07. The Balaban J connectivity index is 2.26. The van der Waals surface area contributed by atoms with Crippen LogP contribution in [-0.4, -0.2) is 26.8 Å². The van der Waals surface area contributed by atoms with Crippen LogP contribution in [0.1, 0.15) is 46.1 Å². The van der Waals surface area contributed by atoms with Gasteiger partial charge in [0.25, 0.3) is 0 Å². The molecule has 0 saturated heterocycles. The van der Waals surface area contributed by atoms with E-state index >= 15 is 0 Å². The number of rotatable bonds is 7. The van der Waals surface area contributed by atoms with E-state index < -0.39 is 0 Å². The number of nitrogens with two attached hydrogens (primary N) is 1. The lowest BCUT2D eigenvalue weighted by Gasteiger charge is -2.13. The number of nitrogens with zero attached hydrogens (tertiary/aromatic N) is 4. The van der Waals surface area contributed by atoms with Crippen LogP contribution in [0, 0.1) is 0 Å². The zero-order chi connectivity index (χ0) is 15.2. The maximum Gasteiger partial charge on any atom is 0.182 e. The summed E-state index contributed by atoms with van der Waals surface area (Å²) in [6.45, 7) is 6.84. The van der Waals surface area contributed by atoms with E-state index in [4.69, 9.17) is 10.5 Å². The van der Waals surface area contributed by atoms with Crippen LogP contribution in [0.2, 0.25) is 0 Å². The molecule has 0 spiro atoms. The molecule has 0 aliphatic carbocycles. The Kier molecular flexibility index (Phi) is 5.14. The summed E-state index contributed by atoms with van der Waals surface area (Å²) in [5.41, 5.74) is 7.53. The van der Waals surface area contributed by atoms with Crippen LogP contribution >= 0.6 is 0 Å². The van der Waals surface area contributed by atoms with Gasteiger partial charge in [-0.15, -0.1) is 5.10 Å². The first kappa shape index (κ1) is 15.3. The van der Waals surface area contributed by atoms with Crippen molar-refractivity contribution in [3.8, 4) is 17.1 Å². The average molecular weight is 289 g/mol. The number of hydrogen-bond donors (Lipinski definition) is 1. The number of tetrazole rings is 1. The molecule has 2 aromatic rings. The Hall–Kier alpha value is -2.11. The summed E-state index contributed by atoms with van der Waals surface area (Å²) in [5, 5.41) is 12.1. The maximum absolute atomic E-state index is 6.02. The molecular weight excluding hydrogens is 266 g/mol. The number of ether oxygens (including phenoxy) is 1. The van der Waals surface area contributed by atoms with E-state index in [1.54, 1.807) is 0 Å². The molecule has 2 N–H and O–H groups in total. The molecule has 2 rings (SSSR count). The van der Waals surface area contributed by atoms with Gasteiger partial charge in [0, 0.05) is 5.56 Å². The van der Waals surface area contributed by atoms with Crippen LogP contribution < -0.4 is 10.5 Å². The molecule has 6 heteroatoms. The highest BCUT2D eigenvalue weighted by molar-refractivity contribution is 5.66.